The lowest BCUT2D eigenvalue weighted by molar-refractivity contribution is 0.619. The second-order valence-corrected chi connectivity index (χ2v) is 4.82. The van der Waals surface area contributed by atoms with Crippen molar-refractivity contribution in [3.05, 3.63) is 36.4 Å². The van der Waals surface area contributed by atoms with E-state index in [9.17, 15) is 4.39 Å². The van der Waals surface area contributed by atoms with Crippen LogP contribution in [0.15, 0.2) is 30.6 Å². The van der Waals surface area contributed by atoms with E-state index in [1.54, 1.807) is 12.3 Å². The molecule has 20 heavy (non-hydrogen) atoms. The van der Waals surface area contributed by atoms with Crippen LogP contribution in [-0.4, -0.2) is 19.5 Å². The molecule has 0 bridgehead atoms. The summed E-state index contributed by atoms with van der Waals surface area (Å²) >= 11 is 0. The summed E-state index contributed by atoms with van der Waals surface area (Å²) in [4.78, 5) is 12.7. The molecular weight excluding hydrogens is 257 g/mol. The summed E-state index contributed by atoms with van der Waals surface area (Å²) in [6.07, 6.45) is 3.09. The van der Waals surface area contributed by atoms with Crippen molar-refractivity contribution < 1.29 is 4.39 Å². The first kappa shape index (κ1) is 12.5. The van der Waals surface area contributed by atoms with Gasteiger partial charge in [0.1, 0.15) is 11.5 Å². The van der Waals surface area contributed by atoms with Gasteiger partial charge in [0.2, 0.25) is 0 Å². The van der Waals surface area contributed by atoms with Gasteiger partial charge in [-0.15, -0.1) is 0 Å². The van der Waals surface area contributed by atoms with Crippen molar-refractivity contribution in [2.75, 3.05) is 5.73 Å². The van der Waals surface area contributed by atoms with E-state index in [2.05, 4.69) is 15.0 Å². The number of hydrogen-bond acceptors (Lipinski definition) is 4. The van der Waals surface area contributed by atoms with Crippen LogP contribution in [0.3, 0.4) is 0 Å². The van der Waals surface area contributed by atoms with Crippen LogP contribution in [-0.2, 0) is 0 Å². The van der Waals surface area contributed by atoms with Gasteiger partial charge in [-0.25, -0.2) is 19.3 Å². The zero-order chi connectivity index (χ0) is 14.3. The van der Waals surface area contributed by atoms with Gasteiger partial charge in [0, 0.05) is 24.5 Å². The van der Waals surface area contributed by atoms with Crippen LogP contribution >= 0.6 is 0 Å². The molecule has 0 saturated carbocycles. The van der Waals surface area contributed by atoms with Gasteiger partial charge in [-0.05, 0) is 26.0 Å². The Bertz CT molecular complexity index is 778. The van der Waals surface area contributed by atoms with Crippen molar-refractivity contribution in [2.45, 2.75) is 19.9 Å². The van der Waals surface area contributed by atoms with Gasteiger partial charge >= 0.3 is 0 Å². The SMILES string of the molecule is CC(C)n1c(-c2nccnc2N)nc2cc(F)ccc21. The summed E-state index contributed by atoms with van der Waals surface area (Å²) < 4.78 is 15.3. The summed E-state index contributed by atoms with van der Waals surface area (Å²) in [6.45, 7) is 4.06. The molecule has 0 unspecified atom stereocenters. The molecule has 5 nitrogen and oxygen atoms in total. The Morgan fingerprint density at radius 2 is 1.95 bits per heavy atom. The molecule has 2 aromatic heterocycles. The summed E-state index contributed by atoms with van der Waals surface area (Å²) in [7, 11) is 0. The molecule has 0 radical (unpaired) electrons. The van der Waals surface area contributed by atoms with Crippen LogP contribution in [0.4, 0.5) is 10.2 Å². The van der Waals surface area contributed by atoms with Crippen molar-refractivity contribution in [3.8, 4) is 11.5 Å². The number of nitrogens with zero attached hydrogens (tertiary/aromatic N) is 4. The molecule has 102 valence electrons. The molecule has 0 spiro atoms. The van der Waals surface area contributed by atoms with Crippen LogP contribution in [0.1, 0.15) is 19.9 Å². The van der Waals surface area contributed by atoms with Crippen LogP contribution in [0.5, 0.6) is 0 Å². The van der Waals surface area contributed by atoms with Gasteiger partial charge in [0.15, 0.2) is 11.6 Å². The number of nitrogen functional groups attached to an aromatic ring is 1. The number of imidazole rings is 1. The summed E-state index contributed by atoms with van der Waals surface area (Å²) in [5.41, 5.74) is 7.81. The van der Waals surface area contributed by atoms with Gasteiger partial charge in [-0.3, -0.25) is 0 Å². The van der Waals surface area contributed by atoms with E-state index < -0.39 is 0 Å². The molecule has 0 aliphatic carbocycles. The maximum atomic E-state index is 13.4. The fourth-order valence-corrected chi connectivity index (χ4v) is 2.28. The maximum absolute atomic E-state index is 13.4. The van der Waals surface area contributed by atoms with Crippen molar-refractivity contribution >= 4 is 16.9 Å². The standard InChI is InChI=1S/C14H14FN5/c1-8(2)20-11-4-3-9(15)7-10(11)19-14(20)12-13(16)18-6-5-17-12/h3-8H,1-2H3,(H2,16,18). The summed E-state index contributed by atoms with van der Waals surface area (Å²) in [5, 5.41) is 0. The van der Waals surface area contributed by atoms with Gasteiger partial charge in [0.05, 0.1) is 11.0 Å². The highest BCUT2D eigenvalue weighted by Gasteiger charge is 2.18. The lowest BCUT2D eigenvalue weighted by atomic mass is 10.2. The van der Waals surface area contributed by atoms with Gasteiger partial charge in [0.25, 0.3) is 0 Å². The lowest BCUT2D eigenvalue weighted by Crippen LogP contribution is -2.06. The molecule has 1 aromatic carbocycles. The Labute approximate surface area is 115 Å². The maximum Gasteiger partial charge on any atom is 0.163 e. The molecule has 0 atom stereocenters. The minimum atomic E-state index is -0.315. The number of anilines is 1. The van der Waals surface area contributed by atoms with Crippen molar-refractivity contribution in [1.29, 1.82) is 0 Å². The second kappa shape index (κ2) is 4.56. The van der Waals surface area contributed by atoms with E-state index in [1.165, 1.54) is 18.3 Å². The number of nitrogens with two attached hydrogens (primary N) is 1. The first-order valence-corrected chi connectivity index (χ1v) is 6.32. The molecule has 0 saturated heterocycles. The normalized spacial score (nSPS) is 11.4. The minimum Gasteiger partial charge on any atom is -0.382 e. The van der Waals surface area contributed by atoms with Crippen molar-refractivity contribution in [2.24, 2.45) is 0 Å². The fourth-order valence-electron chi connectivity index (χ4n) is 2.28. The summed E-state index contributed by atoms with van der Waals surface area (Å²) in [6, 6.07) is 4.69. The molecule has 3 rings (SSSR count). The molecule has 2 N–H and O–H groups in total. The van der Waals surface area contributed by atoms with Gasteiger partial charge in [-0.2, -0.15) is 0 Å². The number of benzene rings is 1. The molecular formula is C14H14FN5. The van der Waals surface area contributed by atoms with Crippen LogP contribution in [0.25, 0.3) is 22.6 Å². The Balaban J connectivity index is 2.35. The van der Waals surface area contributed by atoms with Crippen LogP contribution in [0.2, 0.25) is 0 Å². The Kier molecular flexibility index (Phi) is 2.85. The first-order valence-electron chi connectivity index (χ1n) is 6.32. The Hall–Kier alpha value is -2.50. The van der Waals surface area contributed by atoms with Crippen LogP contribution in [0, 0.1) is 5.82 Å². The average Bonchev–Trinajstić information content (AvgIpc) is 2.77. The molecule has 0 amide bonds. The number of aromatic nitrogens is 4. The Morgan fingerprint density at radius 3 is 2.65 bits per heavy atom. The smallest absolute Gasteiger partial charge is 0.163 e. The number of fused-ring (bicyclic) bond motifs is 1. The zero-order valence-corrected chi connectivity index (χ0v) is 11.2. The van der Waals surface area contributed by atoms with Crippen LogP contribution < -0.4 is 5.73 Å². The molecule has 0 aliphatic rings. The largest absolute Gasteiger partial charge is 0.382 e. The topological polar surface area (TPSA) is 69.6 Å². The van der Waals surface area contributed by atoms with E-state index in [4.69, 9.17) is 5.73 Å². The quantitative estimate of drug-likeness (QED) is 0.778. The van der Waals surface area contributed by atoms with E-state index in [-0.39, 0.29) is 11.9 Å². The predicted molar refractivity (Wildman–Crippen MR) is 75.5 cm³/mol. The van der Waals surface area contributed by atoms with Gasteiger partial charge < -0.3 is 10.3 Å². The van der Waals surface area contributed by atoms with E-state index in [0.717, 1.165) is 5.52 Å². The second-order valence-electron chi connectivity index (χ2n) is 4.82. The van der Waals surface area contributed by atoms with Crippen molar-refractivity contribution in [3.63, 3.8) is 0 Å². The third-order valence-corrected chi connectivity index (χ3v) is 3.11. The van der Waals surface area contributed by atoms with E-state index in [0.29, 0.717) is 22.9 Å². The predicted octanol–water partition coefficient (Wildman–Crippen LogP) is 2.80. The molecule has 0 fully saturated rings. The van der Waals surface area contributed by atoms with E-state index in [1.807, 2.05) is 18.4 Å². The molecule has 0 aliphatic heterocycles. The van der Waals surface area contributed by atoms with E-state index >= 15 is 0 Å². The highest BCUT2D eigenvalue weighted by atomic mass is 19.1. The minimum absolute atomic E-state index is 0.141. The third-order valence-electron chi connectivity index (χ3n) is 3.11. The number of rotatable bonds is 2. The molecule has 2 heterocycles. The lowest BCUT2D eigenvalue weighted by Gasteiger charge is -2.13. The Morgan fingerprint density at radius 1 is 1.20 bits per heavy atom. The molecule has 6 heteroatoms. The summed E-state index contributed by atoms with van der Waals surface area (Å²) in [5.74, 6) is 0.598. The van der Waals surface area contributed by atoms with Crippen molar-refractivity contribution in [1.82, 2.24) is 19.5 Å². The average molecular weight is 271 g/mol. The number of halogens is 1. The third kappa shape index (κ3) is 1.89. The molecule has 3 aromatic rings. The number of hydrogen-bond donors (Lipinski definition) is 1. The zero-order valence-electron chi connectivity index (χ0n) is 11.2. The highest BCUT2D eigenvalue weighted by molar-refractivity contribution is 5.82. The van der Waals surface area contributed by atoms with Gasteiger partial charge in [-0.1, -0.05) is 0 Å². The fraction of sp³-hybridized carbons (Fsp3) is 0.214. The highest BCUT2D eigenvalue weighted by Crippen LogP contribution is 2.29. The first-order chi connectivity index (χ1) is 9.58. The monoisotopic (exact) mass is 271 g/mol.